The minimum atomic E-state index is -0.200. The van der Waals surface area contributed by atoms with E-state index in [4.69, 9.17) is 0 Å². The van der Waals surface area contributed by atoms with Gasteiger partial charge in [0.15, 0.2) is 0 Å². The fourth-order valence-electron chi connectivity index (χ4n) is 6.32. The average Bonchev–Trinajstić information content (AvgIpc) is 2.86. The van der Waals surface area contributed by atoms with Gasteiger partial charge in [-0.25, -0.2) is 0 Å². The van der Waals surface area contributed by atoms with Crippen molar-refractivity contribution in [3.63, 3.8) is 0 Å². The van der Waals surface area contributed by atoms with Crippen LogP contribution in [0.3, 0.4) is 0 Å². The van der Waals surface area contributed by atoms with Crippen LogP contribution in [0.4, 0.5) is 17.1 Å². The highest BCUT2D eigenvalue weighted by atomic mass is 16.2. The largest absolute Gasteiger partial charge is 0.388 e. The Hall–Kier alpha value is -3.60. The van der Waals surface area contributed by atoms with Gasteiger partial charge in [-0.05, 0) is 88.1 Å². The molecule has 226 valence electrons. The van der Waals surface area contributed by atoms with Crippen LogP contribution in [-0.4, -0.2) is 18.9 Å². The predicted octanol–water partition coefficient (Wildman–Crippen LogP) is 9.66. The smallest absolute Gasteiger partial charge is 0.255 e. The molecule has 3 aromatic rings. The van der Waals surface area contributed by atoms with Crippen molar-refractivity contribution in [2.24, 2.45) is 10.8 Å². The molecule has 5 nitrogen and oxygen atoms in total. The molecular weight excluding hydrogens is 518 g/mol. The topological polar surface area (TPSA) is 70.2 Å². The van der Waals surface area contributed by atoms with Crippen LogP contribution in [-0.2, 0) is 10.8 Å². The summed E-state index contributed by atoms with van der Waals surface area (Å²) in [5, 5.41) is 9.11. The normalized spacial score (nSPS) is 12.5. The Morgan fingerprint density at radius 3 is 1.12 bits per heavy atom. The molecule has 0 heterocycles. The van der Waals surface area contributed by atoms with Crippen molar-refractivity contribution >= 4 is 28.9 Å². The molecule has 0 spiro atoms. The van der Waals surface area contributed by atoms with E-state index in [0.29, 0.717) is 22.5 Å². The van der Waals surface area contributed by atoms with Crippen molar-refractivity contribution in [2.75, 3.05) is 23.0 Å². The SMILES string of the molecule is CNc1cc(NC(=O)c2ccc(C(C)(C)CC(C)(C)C)cc2)cc(NC(=O)c2ccc(C(C)(C)CC(C)(C)C)cc2)c1. The molecular formula is C37H51N3O2. The maximum absolute atomic E-state index is 13.1. The van der Waals surface area contributed by atoms with Crippen molar-refractivity contribution in [2.45, 2.75) is 92.9 Å². The molecule has 3 rings (SSSR count). The summed E-state index contributed by atoms with van der Waals surface area (Å²) in [4.78, 5) is 26.3. The van der Waals surface area contributed by atoms with Gasteiger partial charge >= 0.3 is 0 Å². The van der Waals surface area contributed by atoms with Gasteiger partial charge < -0.3 is 16.0 Å². The third-order valence-corrected chi connectivity index (χ3v) is 7.54. The number of hydrogen-bond acceptors (Lipinski definition) is 3. The van der Waals surface area contributed by atoms with Gasteiger partial charge in [0.05, 0.1) is 0 Å². The highest BCUT2D eigenvalue weighted by molar-refractivity contribution is 6.07. The predicted molar refractivity (Wildman–Crippen MR) is 179 cm³/mol. The Balaban J connectivity index is 1.73. The van der Waals surface area contributed by atoms with E-state index in [9.17, 15) is 9.59 Å². The lowest BCUT2D eigenvalue weighted by Crippen LogP contribution is -2.25. The van der Waals surface area contributed by atoms with Crippen molar-refractivity contribution in [3.8, 4) is 0 Å². The number of carbonyl (C=O) groups excluding carboxylic acids is 2. The highest BCUT2D eigenvalue weighted by Crippen LogP contribution is 2.37. The molecule has 3 aromatic carbocycles. The molecule has 0 saturated heterocycles. The number of anilines is 3. The van der Waals surface area contributed by atoms with Gasteiger partial charge in [0.2, 0.25) is 0 Å². The van der Waals surface area contributed by atoms with E-state index in [2.05, 4.69) is 85.2 Å². The molecule has 0 aliphatic carbocycles. The first-order chi connectivity index (χ1) is 19.3. The number of amides is 2. The van der Waals surface area contributed by atoms with Gasteiger partial charge in [-0.2, -0.15) is 0 Å². The molecule has 0 aliphatic rings. The standard InChI is InChI=1S/C37H51N3O2/c1-34(2,3)23-36(7,8)27-16-12-25(13-17-27)32(41)39-30-20-29(38-11)21-31(22-30)40-33(42)26-14-18-28(19-15-26)37(9,10)24-35(4,5)6/h12-22,38H,23-24H2,1-11H3,(H,39,41)(H,40,42). The van der Waals surface area contributed by atoms with Crippen molar-refractivity contribution in [1.29, 1.82) is 0 Å². The van der Waals surface area contributed by atoms with Crippen LogP contribution in [0.25, 0.3) is 0 Å². The third kappa shape index (κ3) is 9.20. The molecule has 0 aliphatic heterocycles. The molecule has 2 amide bonds. The van der Waals surface area contributed by atoms with Crippen LogP contribution in [0.15, 0.2) is 66.7 Å². The van der Waals surface area contributed by atoms with E-state index < -0.39 is 0 Å². The minimum Gasteiger partial charge on any atom is -0.388 e. The van der Waals surface area contributed by atoms with Crippen LogP contribution in [0, 0.1) is 10.8 Å². The minimum absolute atomic E-state index is 0.00441. The second-order valence-corrected chi connectivity index (χ2v) is 15.4. The summed E-state index contributed by atoms with van der Waals surface area (Å²) in [5.41, 5.74) is 5.98. The average molecular weight is 570 g/mol. The number of rotatable bonds is 9. The summed E-state index contributed by atoms with van der Waals surface area (Å²) in [6, 6.07) is 21.2. The Labute approximate surface area is 253 Å². The van der Waals surface area contributed by atoms with Crippen LogP contribution in [0.2, 0.25) is 0 Å². The molecule has 3 N–H and O–H groups in total. The van der Waals surface area contributed by atoms with Crippen LogP contribution in [0.1, 0.15) is 114 Å². The second-order valence-electron chi connectivity index (χ2n) is 15.4. The van der Waals surface area contributed by atoms with Crippen molar-refractivity contribution in [3.05, 3.63) is 89.0 Å². The second kappa shape index (κ2) is 12.3. The monoisotopic (exact) mass is 569 g/mol. The summed E-state index contributed by atoms with van der Waals surface area (Å²) in [7, 11) is 1.81. The first-order valence-electron chi connectivity index (χ1n) is 14.9. The van der Waals surface area contributed by atoms with E-state index in [-0.39, 0.29) is 33.5 Å². The molecule has 5 heteroatoms. The zero-order valence-electron chi connectivity index (χ0n) is 27.6. The fourth-order valence-corrected chi connectivity index (χ4v) is 6.32. The van der Waals surface area contributed by atoms with Crippen LogP contribution in [0.5, 0.6) is 0 Å². The summed E-state index contributed by atoms with van der Waals surface area (Å²) < 4.78 is 0. The van der Waals surface area contributed by atoms with Gasteiger partial charge in [0, 0.05) is 35.2 Å². The molecule has 0 aromatic heterocycles. The van der Waals surface area contributed by atoms with E-state index in [0.717, 1.165) is 18.5 Å². The summed E-state index contributed by atoms with van der Waals surface area (Å²) in [6.07, 6.45) is 2.08. The Kier molecular flexibility index (Phi) is 9.66. The molecule has 0 unspecified atom stereocenters. The first-order valence-corrected chi connectivity index (χ1v) is 14.9. The quantitative estimate of drug-likeness (QED) is 0.240. The van der Waals surface area contributed by atoms with Gasteiger partial charge in [0.1, 0.15) is 0 Å². The number of carbonyl (C=O) groups is 2. The van der Waals surface area contributed by atoms with Crippen LogP contribution < -0.4 is 16.0 Å². The lowest BCUT2D eigenvalue weighted by atomic mass is 9.72. The first kappa shape index (κ1) is 32.9. The Morgan fingerprint density at radius 2 is 0.833 bits per heavy atom. The maximum Gasteiger partial charge on any atom is 0.255 e. The number of benzene rings is 3. The van der Waals surface area contributed by atoms with E-state index >= 15 is 0 Å². The fraction of sp³-hybridized carbons (Fsp3) is 0.459. The van der Waals surface area contributed by atoms with Gasteiger partial charge in [-0.3, -0.25) is 9.59 Å². The van der Waals surface area contributed by atoms with Crippen molar-refractivity contribution < 1.29 is 9.59 Å². The maximum atomic E-state index is 13.1. The van der Waals surface area contributed by atoms with E-state index in [1.807, 2.05) is 67.7 Å². The Bertz CT molecular complexity index is 1280. The molecule has 0 atom stereocenters. The van der Waals surface area contributed by atoms with E-state index in [1.54, 1.807) is 6.07 Å². The highest BCUT2D eigenvalue weighted by Gasteiger charge is 2.28. The van der Waals surface area contributed by atoms with Crippen molar-refractivity contribution in [1.82, 2.24) is 0 Å². The van der Waals surface area contributed by atoms with Gasteiger partial charge in [-0.1, -0.05) is 93.5 Å². The molecule has 0 saturated carbocycles. The molecule has 0 fully saturated rings. The molecule has 0 radical (unpaired) electrons. The summed E-state index contributed by atoms with van der Waals surface area (Å²) >= 11 is 0. The number of hydrogen-bond donors (Lipinski definition) is 3. The number of nitrogens with one attached hydrogen (secondary N) is 3. The zero-order chi connectivity index (χ0) is 31.5. The van der Waals surface area contributed by atoms with E-state index in [1.165, 1.54) is 11.1 Å². The molecule has 42 heavy (non-hydrogen) atoms. The lowest BCUT2D eigenvalue weighted by Gasteiger charge is -2.33. The molecule has 0 bridgehead atoms. The van der Waals surface area contributed by atoms with Gasteiger partial charge in [0.25, 0.3) is 11.8 Å². The van der Waals surface area contributed by atoms with Gasteiger partial charge in [-0.15, -0.1) is 0 Å². The third-order valence-electron chi connectivity index (χ3n) is 7.54. The lowest BCUT2D eigenvalue weighted by molar-refractivity contribution is 0.101. The van der Waals surface area contributed by atoms with Crippen LogP contribution >= 0.6 is 0 Å². The summed E-state index contributed by atoms with van der Waals surface area (Å²) in [5.74, 6) is -0.400. The Morgan fingerprint density at radius 1 is 0.524 bits per heavy atom. The zero-order valence-corrected chi connectivity index (χ0v) is 27.6. The summed E-state index contributed by atoms with van der Waals surface area (Å²) in [6.45, 7) is 22.5.